The van der Waals surface area contributed by atoms with Crippen LogP contribution in [-0.2, 0) is 16.0 Å². The van der Waals surface area contributed by atoms with E-state index in [-0.39, 0.29) is 23.9 Å². The van der Waals surface area contributed by atoms with Crippen molar-refractivity contribution in [2.45, 2.75) is 56.1 Å². The van der Waals surface area contributed by atoms with E-state index in [1.54, 1.807) is 0 Å². The Bertz CT molecular complexity index is 1090. The highest BCUT2D eigenvalue weighted by Gasteiger charge is 2.55. The molecule has 1 aliphatic heterocycles. The zero-order valence-corrected chi connectivity index (χ0v) is 18.8. The number of β-lactam (4-membered cyclic amide) rings is 1. The van der Waals surface area contributed by atoms with Crippen molar-refractivity contribution >= 4 is 11.8 Å². The van der Waals surface area contributed by atoms with Crippen molar-refractivity contribution < 1.29 is 9.59 Å². The number of benzene rings is 3. The molecule has 4 heteroatoms. The topological polar surface area (TPSA) is 49.4 Å². The Balaban J connectivity index is 1.44. The normalized spacial score (nSPS) is 20.2. The van der Waals surface area contributed by atoms with Gasteiger partial charge in [0.15, 0.2) is 0 Å². The number of carbonyl (C=O) groups is 2. The number of hydrogen-bond acceptors (Lipinski definition) is 2. The number of amides is 2. The molecule has 0 aromatic heterocycles. The zero-order valence-electron chi connectivity index (χ0n) is 18.8. The summed E-state index contributed by atoms with van der Waals surface area (Å²) in [5, 5.41) is 3.37. The lowest BCUT2D eigenvalue weighted by Crippen LogP contribution is -2.65. The molecular formula is C29H30N2O2. The number of rotatable bonds is 7. The quantitative estimate of drug-likeness (QED) is 0.504. The Morgan fingerprint density at radius 3 is 2.06 bits per heavy atom. The van der Waals surface area contributed by atoms with Gasteiger partial charge in [0, 0.05) is 0 Å². The maximum Gasteiger partial charge on any atom is 0.246 e. The predicted octanol–water partition coefficient (Wildman–Crippen LogP) is 5.37. The third-order valence-corrected chi connectivity index (χ3v) is 7.24. The fraction of sp³-hybridized carbons (Fsp3) is 0.310. The molecule has 1 aliphatic carbocycles. The summed E-state index contributed by atoms with van der Waals surface area (Å²) in [6, 6.07) is 30.3. The molecule has 5 rings (SSSR count). The molecule has 1 N–H and O–H groups in total. The van der Waals surface area contributed by atoms with Gasteiger partial charge in [0.2, 0.25) is 11.8 Å². The Kier molecular flexibility index (Phi) is 5.99. The van der Waals surface area contributed by atoms with Gasteiger partial charge in [0.05, 0.1) is 18.5 Å². The minimum atomic E-state index is -0.764. The molecule has 1 saturated carbocycles. The average molecular weight is 439 g/mol. The van der Waals surface area contributed by atoms with Gasteiger partial charge in [-0.1, -0.05) is 104 Å². The van der Waals surface area contributed by atoms with Crippen LogP contribution in [0, 0.1) is 0 Å². The van der Waals surface area contributed by atoms with E-state index in [4.69, 9.17) is 0 Å². The van der Waals surface area contributed by atoms with Gasteiger partial charge in [0.1, 0.15) is 5.54 Å². The van der Waals surface area contributed by atoms with Crippen LogP contribution in [0.5, 0.6) is 0 Å². The molecule has 4 nitrogen and oxygen atoms in total. The maximum atomic E-state index is 14.0. The zero-order chi connectivity index (χ0) is 22.7. The summed E-state index contributed by atoms with van der Waals surface area (Å²) < 4.78 is 0. The molecule has 2 fully saturated rings. The summed E-state index contributed by atoms with van der Waals surface area (Å²) in [7, 11) is 0. The van der Waals surface area contributed by atoms with Crippen molar-refractivity contribution in [3.05, 3.63) is 108 Å². The van der Waals surface area contributed by atoms with Crippen molar-refractivity contribution in [1.82, 2.24) is 10.2 Å². The second kappa shape index (κ2) is 9.22. The molecule has 168 valence electrons. The Labute approximate surface area is 195 Å². The van der Waals surface area contributed by atoms with Crippen LogP contribution < -0.4 is 5.32 Å². The van der Waals surface area contributed by atoms with E-state index in [1.807, 2.05) is 59.5 Å². The van der Waals surface area contributed by atoms with Crippen LogP contribution in [0.25, 0.3) is 0 Å². The van der Waals surface area contributed by atoms with Crippen LogP contribution in [0.2, 0.25) is 0 Å². The monoisotopic (exact) mass is 438 g/mol. The van der Waals surface area contributed by atoms with Crippen molar-refractivity contribution in [2.24, 2.45) is 0 Å². The van der Waals surface area contributed by atoms with Crippen LogP contribution >= 0.6 is 0 Å². The molecule has 3 aromatic carbocycles. The van der Waals surface area contributed by atoms with Gasteiger partial charge >= 0.3 is 0 Å². The predicted molar refractivity (Wildman–Crippen MR) is 129 cm³/mol. The van der Waals surface area contributed by atoms with E-state index in [9.17, 15) is 9.59 Å². The van der Waals surface area contributed by atoms with E-state index in [1.165, 1.54) is 5.56 Å². The van der Waals surface area contributed by atoms with E-state index >= 15 is 0 Å². The van der Waals surface area contributed by atoms with E-state index < -0.39 is 5.54 Å². The molecule has 2 atom stereocenters. The summed E-state index contributed by atoms with van der Waals surface area (Å²) in [6.07, 6.45) is 4.57. The fourth-order valence-electron chi connectivity index (χ4n) is 5.51. The van der Waals surface area contributed by atoms with Crippen LogP contribution in [0.15, 0.2) is 91.0 Å². The third-order valence-electron chi connectivity index (χ3n) is 7.24. The first-order chi connectivity index (χ1) is 16.2. The molecule has 2 unspecified atom stereocenters. The molecule has 33 heavy (non-hydrogen) atoms. The van der Waals surface area contributed by atoms with Gasteiger partial charge in [0.25, 0.3) is 0 Å². The number of likely N-dealkylation sites (tertiary alicyclic amines) is 1. The molecule has 1 heterocycles. The first-order valence-corrected chi connectivity index (χ1v) is 11.9. The van der Waals surface area contributed by atoms with Crippen molar-refractivity contribution in [3.63, 3.8) is 0 Å². The number of nitrogens with zero attached hydrogens (tertiary/aromatic N) is 1. The molecular weight excluding hydrogens is 408 g/mol. The minimum absolute atomic E-state index is 0.0150. The number of carbonyl (C=O) groups excluding carboxylic acids is 2. The first kappa shape index (κ1) is 21.4. The lowest BCUT2D eigenvalue weighted by atomic mass is 9.82. The minimum Gasteiger partial charge on any atom is -0.347 e. The molecule has 0 radical (unpaired) electrons. The van der Waals surface area contributed by atoms with Gasteiger partial charge in [-0.3, -0.25) is 9.59 Å². The van der Waals surface area contributed by atoms with Crippen molar-refractivity contribution in [3.8, 4) is 0 Å². The molecule has 1 saturated heterocycles. The summed E-state index contributed by atoms with van der Waals surface area (Å²) in [6.45, 7) is 0. The summed E-state index contributed by atoms with van der Waals surface area (Å²) in [5.74, 6) is 0.0685. The lowest BCUT2D eigenvalue weighted by molar-refractivity contribution is -0.165. The fourth-order valence-corrected chi connectivity index (χ4v) is 5.51. The molecule has 0 bridgehead atoms. The van der Waals surface area contributed by atoms with Gasteiger partial charge in [-0.15, -0.1) is 0 Å². The number of nitrogens with one attached hydrogen (secondary N) is 1. The Morgan fingerprint density at radius 1 is 0.879 bits per heavy atom. The maximum absolute atomic E-state index is 14.0. The molecule has 3 aromatic rings. The second-order valence-electron chi connectivity index (χ2n) is 9.26. The summed E-state index contributed by atoms with van der Waals surface area (Å²) in [4.78, 5) is 28.8. The van der Waals surface area contributed by atoms with E-state index in [2.05, 4.69) is 41.7 Å². The second-order valence-corrected chi connectivity index (χ2v) is 9.26. The van der Waals surface area contributed by atoms with Crippen LogP contribution in [-0.4, -0.2) is 22.3 Å². The van der Waals surface area contributed by atoms with Gasteiger partial charge in [-0.2, -0.15) is 0 Å². The van der Waals surface area contributed by atoms with E-state index in [0.717, 1.165) is 36.8 Å². The van der Waals surface area contributed by atoms with Crippen molar-refractivity contribution in [1.29, 1.82) is 0 Å². The molecule has 2 aliphatic rings. The smallest absolute Gasteiger partial charge is 0.246 e. The Hall–Kier alpha value is -3.40. The molecule has 2 amide bonds. The molecule has 0 spiro atoms. The lowest BCUT2D eigenvalue weighted by Gasteiger charge is -2.51. The van der Waals surface area contributed by atoms with E-state index in [0.29, 0.717) is 12.8 Å². The third kappa shape index (κ3) is 4.18. The van der Waals surface area contributed by atoms with Crippen molar-refractivity contribution in [2.75, 3.05) is 0 Å². The van der Waals surface area contributed by atoms with Gasteiger partial charge in [-0.25, -0.2) is 0 Å². The summed E-state index contributed by atoms with van der Waals surface area (Å²) >= 11 is 0. The van der Waals surface area contributed by atoms with Gasteiger partial charge < -0.3 is 10.2 Å². The first-order valence-electron chi connectivity index (χ1n) is 11.9. The average Bonchev–Trinajstić information content (AvgIpc) is 3.34. The highest BCUT2D eigenvalue weighted by Crippen LogP contribution is 2.47. The highest BCUT2D eigenvalue weighted by molar-refractivity contribution is 5.95. The number of hydrogen-bond donors (Lipinski definition) is 1. The van der Waals surface area contributed by atoms with Crippen LogP contribution in [0.4, 0.5) is 0 Å². The largest absolute Gasteiger partial charge is 0.347 e. The highest BCUT2D eigenvalue weighted by atomic mass is 16.2. The van der Waals surface area contributed by atoms with Gasteiger partial charge in [-0.05, 0) is 36.0 Å². The van der Waals surface area contributed by atoms with Crippen LogP contribution in [0.1, 0.15) is 60.9 Å². The summed E-state index contributed by atoms with van der Waals surface area (Å²) in [5.41, 5.74) is 2.60. The standard InChI is InChI=1S/C29H30N2O2/c32-27-21-26(24-16-8-3-9-17-24)31(27)29(18-10-11-19-29)28(33)30-25(23-14-6-2-7-15-23)20-22-12-4-1-5-13-22/h1-9,12-17,25-26H,10-11,18-21H2,(H,30,33). The van der Waals surface area contributed by atoms with Crippen LogP contribution in [0.3, 0.4) is 0 Å². The SMILES string of the molecule is O=C1CC(c2ccccc2)N1C1(C(=O)NC(Cc2ccccc2)c2ccccc2)CCCC1. The Morgan fingerprint density at radius 2 is 1.45 bits per heavy atom.